The number of carbonyl (C=O) groups excluding carboxylic acids is 1. The minimum atomic E-state index is -0.313. The van der Waals surface area contributed by atoms with Gasteiger partial charge in [-0.15, -0.1) is 0 Å². The molecule has 174 valence electrons. The van der Waals surface area contributed by atoms with Crippen LogP contribution in [0.2, 0.25) is 0 Å². The zero-order chi connectivity index (χ0) is 24.0. The van der Waals surface area contributed by atoms with Gasteiger partial charge in [0.1, 0.15) is 5.82 Å². The molecule has 0 unspecified atom stereocenters. The molecule has 0 saturated carbocycles. The normalized spacial score (nSPS) is 10.9. The topological polar surface area (TPSA) is 85.8 Å². The fourth-order valence-corrected chi connectivity index (χ4v) is 3.68. The number of nitrogens with one attached hydrogen (secondary N) is 1. The summed E-state index contributed by atoms with van der Waals surface area (Å²) in [5.41, 5.74) is 4.26. The predicted molar refractivity (Wildman–Crippen MR) is 129 cm³/mol. The average Bonchev–Trinajstić information content (AvgIpc) is 3.55. The highest BCUT2D eigenvalue weighted by Crippen LogP contribution is 2.24. The summed E-state index contributed by atoms with van der Waals surface area (Å²) in [5, 5.41) is 7.72. The third kappa shape index (κ3) is 5.33. The van der Waals surface area contributed by atoms with E-state index in [0.717, 1.165) is 28.1 Å². The monoisotopic (exact) mass is 467 g/mol. The summed E-state index contributed by atoms with van der Waals surface area (Å²) in [6.07, 6.45) is 7.52. The molecule has 0 aliphatic heterocycles. The minimum Gasteiger partial charge on any atom is -0.441 e. The second kappa shape index (κ2) is 10.1. The van der Waals surface area contributed by atoms with Gasteiger partial charge in [0, 0.05) is 54.7 Å². The fourth-order valence-electron chi connectivity index (χ4n) is 3.68. The van der Waals surface area contributed by atoms with Crippen LogP contribution in [-0.4, -0.2) is 25.7 Å². The van der Waals surface area contributed by atoms with Crippen LogP contribution in [0.5, 0.6) is 0 Å². The Morgan fingerprint density at radius 2 is 1.74 bits per heavy atom. The van der Waals surface area contributed by atoms with Crippen molar-refractivity contribution in [3.8, 4) is 28.3 Å². The van der Waals surface area contributed by atoms with Crippen molar-refractivity contribution >= 4 is 5.91 Å². The first-order valence-electron chi connectivity index (χ1n) is 11.2. The van der Waals surface area contributed by atoms with Crippen molar-refractivity contribution in [2.45, 2.75) is 19.4 Å². The van der Waals surface area contributed by atoms with Crippen molar-refractivity contribution in [3.63, 3.8) is 0 Å². The van der Waals surface area contributed by atoms with E-state index in [1.54, 1.807) is 35.4 Å². The zero-order valence-corrected chi connectivity index (χ0v) is 18.8. The molecule has 5 rings (SSSR count). The first kappa shape index (κ1) is 22.2. The van der Waals surface area contributed by atoms with Crippen LogP contribution in [0.3, 0.4) is 0 Å². The summed E-state index contributed by atoms with van der Waals surface area (Å²) in [6, 6.07) is 19.6. The van der Waals surface area contributed by atoms with Crippen LogP contribution >= 0.6 is 0 Å². The summed E-state index contributed by atoms with van der Waals surface area (Å²) in [6.45, 7) is 0.329. The quantitative estimate of drug-likeness (QED) is 0.348. The Morgan fingerprint density at radius 1 is 0.971 bits per heavy atom. The number of aryl methyl sites for hydroxylation is 1. The minimum absolute atomic E-state index is 0.125. The van der Waals surface area contributed by atoms with Crippen molar-refractivity contribution in [1.29, 1.82) is 0 Å². The van der Waals surface area contributed by atoms with Crippen molar-refractivity contribution in [1.82, 2.24) is 25.1 Å². The molecular formula is C27H22FN5O2. The third-order valence-corrected chi connectivity index (χ3v) is 5.49. The summed E-state index contributed by atoms with van der Waals surface area (Å²) in [4.78, 5) is 20.9. The molecule has 0 fully saturated rings. The van der Waals surface area contributed by atoms with Gasteiger partial charge in [0.2, 0.25) is 5.91 Å². The highest BCUT2D eigenvalue weighted by molar-refractivity contribution is 5.76. The van der Waals surface area contributed by atoms with Crippen molar-refractivity contribution in [2.24, 2.45) is 0 Å². The summed E-state index contributed by atoms with van der Waals surface area (Å²) in [5.74, 6) is 0.552. The summed E-state index contributed by atoms with van der Waals surface area (Å²) in [7, 11) is 0. The third-order valence-electron chi connectivity index (χ3n) is 5.49. The van der Waals surface area contributed by atoms with Gasteiger partial charge < -0.3 is 9.73 Å². The highest BCUT2D eigenvalue weighted by Gasteiger charge is 2.14. The molecule has 0 aliphatic carbocycles. The van der Waals surface area contributed by atoms with Crippen LogP contribution in [0, 0.1) is 5.82 Å². The van der Waals surface area contributed by atoms with Crippen molar-refractivity contribution in [2.75, 3.05) is 0 Å². The van der Waals surface area contributed by atoms with E-state index in [9.17, 15) is 9.18 Å². The highest BCUT2D eigenvalue weighted by atomic mass is 19.1. The molecule has 7 nitrogen and oxygen atoms in total. The molecule has 1 N–H and O–H groups in total. The predicted octanol–water partition coefficient (Wildman–Crippen LogP) is 4.98. The molecule has 0 radical (unpaired) electrons. The average molecular weight is 468 g/mol. The van der Waals surface area contributed by atoms with Crippen LogP contribution < -0.4 is 5.32 Å². The van der Waals surface area contributed by atoms with Crippen LogP contribution in [0.4, 0.5) is 4.39 Å². The molecular weight excluding hydrogens is 445 g/mol. The van der Waals surface area contributed by atoms with Gasteiger partial charge in [0.25, 0.3) is 0 Å². The summed E-state index contributed by atoms with van der Waals surface area (Å²) >= 11 is 0. The number of oxazole rings is 1. The van der Waals surface area contributed by atoms with E-state index < -0.39 is 0 Å². The molecule has 0 saturated heterocycles. The van der Waals surface area contributed by atoms with Crippen molar-refractivity contribution < 1.29 is 13.6 Å². The van der Waals surface area contributed by atoms with E-state index in [2.05, 4.69) is 15.3 Å². The van der Waals surface area contributed by atoms with E-state index in [1.807, 2.05) is 48.7 Å². The molecule has 2 aromatic carbocycles. The lowest BCUT2D eigenvalue weighted by Gasteiger charge is -2.05. The van der Waals surface area contributed by atoms with Gasteiger partial charge in [0.05, 0.1) is 17.6 Å². The lowest BCUT2D eigenvalue weighted by atomic mass is 10.1. The number of nitrogens with zero attached hydrogens (tertiary/aromatic N) is 4. The van der Waals surface area contributed by atoms with Gasteiger partial charge in [-0.2, -0.15) is 5.10 Å². The Morgan fingerprint density at radius 3 is 2.51 bits per heavy atom. The van der Waals surface area contributed by atoms with Gasteiger partial charge in [-0.1, -0.05) is 18.2 Å². The van der Waals surface area contributed by atoms with Crippen LogP contribution in [0.15, 0.2) is 95.9 Å². The van der Waals surface area contributed by atoms with Crippen molar-refractivity contribution in [3.05, 3.63) is 109 Å². The SMILES string of the molecule is O=C(CCc1ncc(-c2ccc(F)cc2)o1)NCc1cn(-c2ccccc2)nc1-c1ccncc1. The van der Waals surface area contributed by atoms with E-state index in [4.69, 9.17) is 9.52 Å². The second-order valence-electron chi connectivity index (χ2n) is 7.92. The van der Waals surface area contributed by atoms with Gasteiger partial charge in [-0.25, -0.2) is 14.1 Å². The molecule has 5 aromatic rings. The van der Waals surface area contributed by atoms with E-state index >= 15 is 0 Å². The lowest BCUT2D eigenvalue weighted by Crippen LogP contribution is -2.23. The van der Waals surface area contributed by atoms with Crippen LogP contribution in [-0.2, 0) is 17.8 Å². The first-order valence-corrected chi connectivity index (χ1v) is 11.2. The maximum atomic E-state index is 13.1. The number of halogens is 1. The van der Waals surface area contributed by atoms with Gasteiger partial charge in [-0.3, -0.25) is 9.78 Å². The number of hydrogen-bond donors (Lipinski definition) is 1. The largest absolute Gasteiger partial charge is 0.441 e. The maximum Gasteiger partial charge on any atom is 0.220 e. The maximum absolute atomic E-state index is 13.1. The van der Waals surface area contributed by atoms with E-state index in [0.29, 0.717) is 24.6 Å². The number of hydrogen-bond acceptors (Lipinski definition) is 5. The van der Waals surface area contributed by atoms with E-state index in [-0.39, 0.29) is 18.1 Å². The molecule has 0 aliphatic rings. The Bertz CT molecular complexity index is 1410. The molecule has 3 aromatic heterocycles. The number of amides is 1. The number of carbonyl (C=O) groups is 1. The smallest absolute Gasteiger partial charge is 0.220 e. The molecule has 0 atom stereocenters. The Kier molecular flexibility index (Phi) is 6.43. The molecule has 8 heteroatoms. The van der Waals surface area contributed by atoms with E-state index in [1.165, 1.54) is 12.1 Å². The standard InChI is InChI=1S/C27H22FN5O2/c28-22-8-6-19(7-9-22)24-17-31-26(35-24)11-10-25(34)30-16-21-18-33(23-4-2-1-3-5-23)32-27(21)20-12-14-29-15-13-20/h1-9,12-15,17-18H,10-11,16H2,(H,30,34). The Hall–Kier alpha value is -4.59. The molecule has 3 heterocycles. The number of pyridine rings is 1. The number of benzene rings is 2. The van der Waals surface area contributed by atoms with Gasteiger partial charge >= 0.3 is 0 Å². The number of aromatic nitrogens is 4. The lowest BCUT2D eigenvalue weighted by molar-refractivity contribution is -0.121. The summed E-state index contributed by atoms with van der Waals surface area (Å²) < 4.78 is 20.6. The van der Waals surface area contributed by atoms with Gasteiger partial charge in [-0.05, 0) is 48.5 Å². The zero-order valence-electron chi connectivity index (χ0n) is 18.8. The van der Waals surface area contributed by atoms with Gasteiger partial charge in [0.15, 0.2) is 11.7 Å². The fraction of sp³-hybridized carbons (Fsp3) is 0.111. The first-order chi connectivity index (χ1) is 17.2. The Labute approximate surface area is 201 Å². The Balaban J connectivity index is 1.24. The van der Waals surface area contributed by atoms with Crippen LogP contribution in [0.1, 0.15) is 17.9 Å². The molecule has 35 heavy (non-hydrogen) atoms. The molecule has 0 bridgehead atoms. The molecule has 0 spiro atoms. The number of para-hydroxylation sites is 1. The molecule has 1 amide bonds. The second-order valence-corrected chi connectivity index (χ2v) is 7.92. The van der Waals surface area contributed by atoms with Crippen LogP contribution in [0.25, 0.3) is 28.3 Å². The number of rotatable bonds is 8.